The van der Waals surface area contributed by atoms with Gasteiger partial charge in [0.05, 0.1) is 17.1 Å². The molecule has 3 aromatic carbocycles. The molecule has 0 unspecified atom stereocenters. The third-order valence-corrected chi connectivity index (χ3v) is 7.78. The second-order valence-electron chi connectivity index (χ2n) is 8.65. The summed E-state index contributed by atoms with van der Waals surface area (Å²) in [5.74, 6) is -0.0735. The van der Waals surface area contributed by atoms with E-state index in [2.05, 4.69) is 10.3 Å². The van der Waals surface area contributed by atoms with Gasteiger partial charge in [-0.1, -0.05) is 36.4 Å². The molecule has 36 heavy (non-hydrogen) atoms. The normalized spacial score (nSPS) is 15.0. The first-order valence-electron chi connectivity index (χ1n) is 11.5. The number of anilines is 2. The topological polar surface area (TPSA) is 88.6 Å². The minimum Gasteiger partial charge on any atom is -0.476 e. The van der Waals surface area contributed by atoms with Crippen molar-refractivity contribution >= 4 is 27.3 Å². The van der Waals surface area contributed by atoms with Crippen LogP contribution >= 0.6 is 0 Å². The number of fused-ring (bicyclic) bond motifs is 1. The molecule has 0 spiro atoms. The zero-order chi connectivity index (χ0) is 25.1. The van der Waals surface area contributed by atoms with E-state index in [0.717, 1.165) is 23.1 Å². The van der Waals surface area contributed by atoms with Crippen molar-refractivity contribution in [3.05, 3.63) is 114 Å². The largest absolute Gasteiger partial charge is 0.476 e. The Bertz CT molecular complexity index is 1470. The van der Waals surface area contributed by atoms with Gasteiger partial charge in [-0.25, -0.2) is 8.42 Å². The molecule has 1 aromatic heterocycles. The van der Waals surface area contributed by atoms with Crippen molar-refractivity contribution in [2.75, 3.05) is 16.2 Å². The van der Waals surface area contributed by atoms with Gasteiger partial charge >= 0.3 is 0 Å². The second kappa shape index (κ2) is 9.83. The summed E-state index contributed by atoms with van der Waals surface area (Å²) in [4.78, 5) is 17.4. The lowest BCUT2D eigenvalue weighted by Crippen LogP contribution is -2.48. The van der Waals surface area contributed by atoms with Crippen LogP contribution in [0.1, 0.15) is 16.7 Å². The van der Waals surface area contributed by atoms with E-state index in [1.165, 1.54) is 4.31 Å². The Hall–Kier alpha value is -4.17. The number of hydrogen-bond acceptors (Lipinski definition) is 5. The molecule has 4 aromatic rings. The molecule has 1 amide bonds. The maximum atomic E-state index is 13.5. The van der Waals surface area contributed by atoms with Gasteiger partial charge in [0.1, 0.15) is 5.75 Å². The SMILES string of the molecule is Cc1ccc2c(c1)N(S(=O)(=O)c1ccccc1)C[C@@H](C(=O)Nc1ccc(Cc3ccncc3)cc1)O2. The van der Waals surface area contributed by atoms with E-state index >= 15 is 0 Å². The fraction of sp³-hybridized carbons (Fsp3) is 0.143. The first-order chi connectivity index (χ1) is 17.4. The number of nitrogens with zero attached hydrogens (tertiary/aromatic N) is 2. The predicted octanol–water partition coefficient (Wildman–Crippen LogP) is 4.58. The number of rotatable bonds is 6. The highest BCUT2D eigenvalue weighted by atomic mass is 32.2. The molecule has 1 atom stereocenters. The first-order valence-corrected chi connectivity index (χ1v) is 13.0. The molecule has 1 aliphatic heterocycles. The summed E-state index contributed by atoms with van der Waals surface area (Å²) in [6.45, 7) is 1.74. The molecule has 1 aliphatic rings. The third kappa shape index (κ3) is 4.94. The van der Waals surface area contributed by atoms with Crippen molar-refractivity contribution < 1.29 is 17.9 Å². The standard InChI is InChI=1S/C28H25N3O4S/c1-20-7-12-26-25(17-20)31(36(33,34)24-5-3-2-4-6-24)19-27(35-26)28(32)30-23-10-8-21(9-11-23)18-22-13-15-29-16-14-22/h2-17,27H,18-19H2,1H3,(H,30,32)/t27-/m0/s1. The molecule has 1 N–H and O–H groups in total. The second-order valence-corrected chi connectivity index (χ2v) is 10.5. The Morgan fingerprint density at radius 3 is 2.39 bits per heavy atom. The van der Waals surface area contributed by atoms with E-state index in [1.54, 1.807) is 54.9 Å². The van der Waals surface area contributed by atoms with E-state index in [4.69, 9.17) is 4.74 Å². The minimum atomic E-state index is -3.90. The number of hydrogen-bond donors (Lipinski definition) is 1. The van der Waals surface area contributed by atoms with E-state index in [-0.39, 0.29) is 11.4 Å². The van der Waals surface area contributed by atoms with Gasteiger partial charge < -0.3 is 10.1 Å². The smallest absolute Gasteiger partial charge is 0.267 e. The highest BCUT2D eigenvalue weighted by Gasteiger charge is 2.37. The molecule has 0 bridgehead atoms. The number of amides is 1. The average Bonchev–Trinajstić information content (AvgIpc) is 2.90. The summed E-state index contributed by atoms with van der Waals surface area (Å²) in [7, 11) is -3.90. The van der Waals surface area contributed by atoms with E-state index in [1.807, 2.05) is 49.4 Å². The number of ether oxygens (including phenoxy) is 1. The fourth-order valence-electron chi connectivity index (χ4n) is 4.11. The lowest BCUT2D eigenvalue weighted by Gasteiger charge is -2.35. The summed E-state index contributed by atoms with van der Waals surface area (Å²) in [5.41, 5.74) is 4.15. The Labute approximate surface area is 210 Å². The van der Waals surface area contributed by atoms with Crippen molar-refractivity contribution in [2.45, 2.75) is 24.3 Å². The zero-order valence-corrected chi connectivity index (χ0v) is 20.5. The Kier molecular flexibility index (Phi) is 6.43. The monoisotopic (exact) mass is 499 g/mol. The average molecular weight is 500 g/mol. The number of carbonyl (C=O) groups excluding carboxylic acids is 1. The summed E-state index contributed by atoms with van der Waals surface area (Å²) in [6.07, 6.45) is 3.25. The van der Waals surface area contributed by atoms with Crippen LogP contribution in [0, 0.1) is 6.92 Å². The number of pyridine rings is 1. The van der Waals surface area contributed by atoms with Crippen LogP contribution in [0.25, 0.3) is 0 Å². The van der Waals surface area contributed by atoms with E-state index in [0.29, 0.717) is 17.1 Å². The molecule has 2 heterocycles. The minimum absolute atomic E-state index is 0.139. The van der Waals surface area contributed by atoms with Crippen molar-refractivity contribution in [1.82, 2.24) is 4.98 Å². The van der Waals surface area contributed by atoms with Crippen LogP contribution in [0.2, 0.25) is 0 Å². The van der Waals surface area contributed by atoms with Gasteiger partial charge in [-0.05, 0) is 78.6 Å². The van der Waals surface area contributed by atoms with Crippen LogP contribution in [0.15, 0.2) is 102 Å². The highest BCUT2D eigenvalue weighted by molar-refractivity contribution is 7.92. The Morgan fingerprint density at radius 1 is 0.972 bits per heavy atom. The molecule has 0 aliphatic carbocycles. The number of aryl methyl sites for hydroxylation is 1. The molecule has 182 valence electrons. The summed E-state index contributed by atoms with van der Waals surface area (Å²) in [5, 5.41) is 2.86. The third-order valence-electron chi connectivity index (χ3n) is 5.99. The summed E-state index contributed by atoms with van der Waals surface area (Å²) in [6, 6.07) is 24.9. The van der Waals surface area contributed by atoms with Crippen molar-refractivity contribution in [3.63, 3.8) is 0 Å². The molecule has 0 saturated carbocycles. The molecule has 7 nitrogen and oxygen atoms in total. The summed E-state index contributed by atoms with van der Waals surface area (Å²) < 4.78 is 34.2. The van der Waals surface area contributed by atoms with Gasteiger partial charge in [-0.3, -0.25) is 14.1 Å². The molecule has 5 rings (SSSR count). The number of benzene rings is 3. The van der Waals surface area contributed by atoms with Gasteiger partial charge in [0, 0.05) is 18.1 Å². The van der Waals surface area contributed by atoms with Gasteiger partial charge in [0.2, 0.25) is 0 Å². The highest BCUT2D eigenvalue weighted by Crippen LogP contribution is 2.38. The van der Waals surface area contributed by atoms with Gasteiger partial charge in [-0.2, -0.15) is 0 Å². The first kappa shape index (κ1) is 23.6. The van der Waals surface area contributed by atoms with Crippen molar-refractivity contribution in [3.8, 4) is 5.75 Å². The van der Waals surface area contributed by atoms with Gasteiger partial charge in [-0.15, -0.1) is 0 Å². The van der Waals surface area contributed by atoms with Crippen LogP contribution < -0.4 is 14.4 Å². The van der Waals surface area contributed by atoms with Crippen molar-refractivity contribution in [1.29, 1.82) is 0 Å². The molecule has 0 saturated heterocycles. The number of carbonyl (C=O) groups is 1. The van der Waals surface area contributed by atoms with Gasteiger partial charge in [0.15, 0.2) is 6.10 Å². The Morgan fingerprint density at radius 2 is 1.67 bits per heavy atom. The number of nitrogens with one attached hydrogen (secondary N) is 1. The van der Waals surface area contributed by atoms with Crippen molar-refractivity contribution in [2.24, 2.45) is 0 Å². The Balaban J connectivity index is 1.36. The zero-order valence-electron chi connectivity index (χ0n) is 19.7. The van der Waals surface area contributed by atoms with Crippen LogP contribution in [0.3, 0.4) is 0 Å². The molecule has 0 fully saturated rings. The van der Waals surface area contributed by atoms with Gasteiger partial charge in [0.25, 0.3) is 15.9 Å². The fourth-order valence-corrected chi connectivity index (χ4v) is 5.60. The lowest BCUT2D eigenvalue weighted by molar-refractivity contribution is -0.122. The van der Waals surface area contributed by atoms with Crippen LogP contribution in [0.4, 0.5) is 11.4 Å². The predicted molar refractivity (Wildman–Crippen MR) is 139 cm³/mol. The maximum Gasteiger partial charge on any atom is 0.267 e. The van der Waals surface area contributed by atoms with E-state index in [9.17, 15) is 13.2 Å². The molecule has 0 radical (unpaired) electrons. The van der Waals surface area contributed by atoms with Crippen LogP contribution in [0.5, 0.6) is 5.75 Å². The van der Waals surface area contributed by atoms with E-state index < -0.39 is 22.0 Å². The maximum absolute atomic E-state index is 13.5. The quantitative estimate of drug-likeness (QED) is 0.420. The van der Waals surface area contributed by atoms with Crippen LogP contribution in [-0.2, 0) is 21.2 Å². The molecular weight excluding hydrogens is 474 g/mol. The number of sulfonamides is 1. The van der Waals surface area contributed by atoms with Crippen LogP contribution in [-0.4, -0.2) is 32.0 Å². The number of aromatic nitrogens is 1. The molecule has 8 heteroatoms. The lowest BCUT2D eigenvalue weighted by atomic mass is 10.1. The summed E-state index contributed by atoms with van der Waals surface area (Å²) >= 11 is 0. The molecular formula is C28H25N3O4S.